The van der Waals surface area contributed by atoms with Crippen molar-refractivity contribution < 1.29 is 28.8 Å². The largest absolute Gasteiger partial charge is 0.466 e. The second-order valence-electron chi connectivity index (χ2n) is 7.82. The quantitative estimate of drug-likeness (QED) is 0.341. The van der Waals surface area contributed by atoms with Crippen molar-refractivity contribution in [2.24, 2.45) is 5.92 Å². The molecule has 0 aliphatic carbocycles. The number of benzene rings is 1. The molecule has 11 heteroatoms. The molecule has 0 spiro atoms. The number of nitro groups is 1. The molecule has 0 aromatic heterocycles. The maximum atomic E-state index is 12.9. The number of piperidine rings is 1. The van der Waals surface area contributed by atoms with Gasteiger partial charge in [0.15, 0.2) is 0 Å². The Morgan fingerprint density at radius 2 is 1.88 bits per heavy atom. The molecule has 0 radical (unpaired) electrons. The normalized spacial score (nSPS) is 21.1. The van der Waals surface area contributed by atoms with E-state index in [0.717, 1.165) is 12.8 Å². The van der Waals surface area contributed by atoms with Gasteiger partial charge in [-0.3, -0.25) is 19.8 Å². The number of carbonyl (C=O) groups is 3. The smallest absolute Gasteiger partial charge is 0.338 e. The fourth-order valence-electron chi connectivity index (χ4n) is 4.11. The van der Waals surface area contributed by atoms with Crippen LogP contribution in [-0.4, -0.2) is 60.6 Å². The lowest BCUT2D eigenvalue weighted by Gasteiger charge is -2.35. The third-order valence-electron chi connectivity index (χ3n) is 5.59. The Morgan fingerprint density at radius 3 is 2.52 bits per heavy atom. The van der Waals surface area contributed by atoms with Crippen LogP contribution in [0.25, 0.3) is 0 Å². The third kappa shape index (κ3) is 5.86. The summed E-state index contributed by atoms with van der Waals surface area (Å²) in [5.74, 6) is -1.12. The average molecular weight is 460 g/mol. The van der Waals surface area contributed by atoms with Gasteiger partial charge >= 0.3 is 18.0 Å². The summed E-state index contributed by atoms with van der Waals surface area (Å²) >= 11 is 0. The van der Waals surface area contributed by atoms with Gasteiger partial charge in [-0.2, -0.15) is 0 Å². The van der Waals surface area contributed by atoms with Crippen LogP contribution in [0.5, 0.6) is 0 Å². The molecule has 1 fully saturated rings. The molecule has 11 nitrogen and oxygen atoms in total. The van der Waals surface area contributed by atoms with Crippen molar-refractivity contribution in [2.75, 3.05) is 32.8 Å². The highest BCUT2D eigenvalue weighted by atomic mass is 16.6. The zero-order chi connectivity index (χ0) is 24.0. The molecule has 1 aromatic carbocycles. The van der Waals surface area contributed by atoms with Gasteiger partial charge < -0.3 is 20.1 Å². The summed E-state index contributed by atoms with van der Waals surface area (Å²) in [6.45, 7) is 5.28. The Morgan fingerprint density at radius 1 is 1.18 bits per heavy atom. The van der Waals surface area contributed by atoms with E-state index in [1.54, 1.807) is 13.8 Å². The lowest BCUT2D eigenvalue weighted by molar-refractivity contribution is -0.384. The molecular weight excluding hydrogens is 432 g/mol. The standard InChI is InChI=1S/C22H28N4O7/c1-3-32-20(27)15-6-5-11-25(12-15)13-17-18(21(28)33-4-2)19(24-22(29)23-17)14-7-9-16(10-8-14)26(30)31/h7-10,15,19H,3-6,11-13H2,1-2H3,(H2,23,24,29)/t15-,19+/m0/s1. The molecule has 3 rings (SSSR count). The zero-order valence-electron chi connectivity index (χ0n) is 18.7. The summed E-state index contributed by atoms with van der Waals surface area (Å²) in [5.41, 5.74) is 1.02. The number of nitro benzene ring substituents is 1. The number of esters is 2. The van der Waals surface area contributed by atoms with Gasteiger partial charge in [0.1, 0.15) is 0 Å². The number of nitrogens with zero attached hydrogens (tertiary/aromatic N) is 2. The first-order valence-electron chi connectivity index (χ1n) is 10.9. The first-order valence-corrected chi connectivity index (χ1v) is 10.9. The number of carbonyl (C=O) groups excluding carboxylic acids is 3. The Bertz CT molecular complexity index is 945. The number of ether oxygens (including phenoxy) is 2. The van der Waals surface area contributed by atoms with Gasteiger partial charge in [0.2, 0.25) is 0 Å². The summed E-state index contributed by atoms with van der Waals surface area (Å²) in [6.07, 6.45) is 1.50. The van der Waals surface area contributed by atoms with Gasteiger partial charge in [-0.05, 0) is 50.9 Å². The fourth-order valence-corrected chi connectivity index (χ4v) is 4.11. The molecule has 2 aliphatic heterocycles. The molecule has 0 unspecified atom stereocenters. The molecule has 0 bridgehead atoms. The molecule has 178 valence electrons. The topological polar surface area (TPSA) is 140 Å². The molecule has 2 heterocycles. The number of urea groups is 1. The lowest BCUT2D eigenvalue weighted by atomic mass is 9.93. The van der Waals surface area contributed by atoms with Crippen molar-refractivity contribution in [1.29, 1.82) is 0 Å². The fraction of sp³-hybridized carbons (Fsp3) is 0.500. The van der Waals surface area contributed by atoms with Crippen LogP contribution in [0.3, 0.4) is 0 Å². The van der Waals surface area contributed by atoms with Crippen molar-refractivity contribution in [3.8, 4) is 0 Å². The summed E-state index contributed by atoms with van der Waals surface area (Å²) < 4.78 is 10.4. The van der Waals surface area contributed by atoms with Crippen molar-refractivity contribution in [2.45, 2.75) is 32.7 Å². The van der Waals surface area contributed by atoms with Crippen LogP contribution in [0.4, 0.5) is 10.5 Å². The Labute approximate surface area is 191 Å². The molecule has 1 saturated heterocycles. The van der Waals surface area contributed by atoms with E-state index in [1.165, 1.54) is 24.3 Å². The van der Waals surface area contributed by atoms with Crippen molar-refractivity contribution in [3.63, 3.8) is 0 Å². The SMILES string of the molecule is CCOC(=O)C1=C(CN2CCC[C@H](C(=O)OCC)C2)NC(=O)N[C@@H]1c1ccc([N+](=O)[O-])cc1. The maximum absolute atomic E-state index is 12.9. The van der Waals surface area contributed by atoms with E-state index in [1.807, 2.05) is 4.90 Å². The Balaban J connectivity index is 1.91. The monoisotopic (exact) mass is 460 g/mol. The van der Waals surface area contributed by atoms with Crippen LogP contribution in [-0.2, 0) is 19.1 Å². The maximum Gasteiger partial charge on any atom is 0.338 e. The molecule has 2 N–H and O–H groups in total. The highest BCUT2D eigenvalue weighted by molar-refractivity contribution is 5.95. The summed E-state index contributed by atoms with van der Waals surface area (Å²) in [5, 5.41) is 16.4. The van der Waals surface area contributed by atoms with Gasteiger partial charge in [-0.1, -0.05) is 0 Å². The Hall–Kier alpha value is -3.47. The highest BCUT2D eigenvalue weighted by Crippen LogP contribution is 2.30. The van der Waals surface area contributed by atoms with E-state index < -0.39 is 23.0 Å². The second kappa shape index (κ2) is 10.9. The van der Waals surface area contributed by atoms with Crippen molar-refractivity contribution in [3.05, 3.63) is 51.2 Å². The van der Waals surface area contributed by atoms with E-state index in [9.17, 15) is 24.5 Å². The van der Waals surface area contributed by atoms with Crippen molar-refractivity contribution >= 4 is 23.7 Å². The van der Waals surface area contributed by atoms with E-state index in [0.29, 0.717) is 31.0 Å². The van der Waals surface area contributed by atoms with Crippen LogP contribution in [0.2, 0.25) is 0 Å². The first kappa shape index (κ1) is 24.2. The number of non-ortho nitro benzene ring substituents is 1. The van der Waals surface area contributed by atoms with Crippen LogP contribution in [0.15, 0.2) is 35.5 Å². The first-order chi connectivity index (χ1) is 15.8. The van der Waals surface area contributed by atoms with E-state index in [4.69, 9.17) is 9.47 Å². The molecule has 2 amide bonds. The molecule has 0 saturated carbocycles. The minimum atomic E-state index is -0.834. The third-order valence-corrected chi connectivity index (χ3v) is 5.59. The summed E-state index contributed by atoms with van der Waals surface area (Å²) in [4.78, 5) is 50.0. The van der Waals surface area contributed by atoms with Gasteiger partial charge in [0, 0.05) is 30.9 Å². The number of nitrogens with one attached hydrogen (secondary N) is 2. The molecule has 33 heavy (non-hydrogen) atoms. The van der Waals surface area contributed by atoms with Crippen LogP contribution >= 0.6 is 0 Å². The van der Waals surface area contributed by atoms with E-state index in [2.05, 4.69) is 10.6 Å². The average Bonchev–Trinajstić information content (AvgIpc) is 2.79. The minimum absolute atomic E-state index is 0.0979. The second-order valence-corrected chi connectivity index (χ2v) is 7.82. The highest BCUT2D eigenvalue weighted by Gasteiger charge is 2.35. The minimum Gasteiger partial charge on any atom is -0.466 e. The molecule has 1 aromatic rings. The van der Waals surface area contributed by atoms with Crippen LogP contribution in [0.1, 0.15) is 38.3 Å². The Kier molecular flexibility index (Phi) is 7.99. The van der Waals surface area contributed by atoms with Gasteiger partial charge in [0.05, 0.1) is 35.7 Å². The predicted molar refractivity (Wildman–Crippen MR) is 117 cm³/mol. The van der Waals surface area contributed by atoms with Gasteiger partial charge in [0.25, 0.3) is 5.69 Å². The van der Waals surface area contributed by atoms with Crippen LogP contribution < -0.4 is 10.6 Å². The molecular formula is C22H28N4O7. The summed E-state index contributed by atoms with van der Waals surface area (Å²) in [6, 6.07) is 4.31. The zero-order valence-corrected chi connectivity index (χ0v) is 18.7. The van der Waals surface area contributed by atoms with E-state index in [-0.39, 0.29) is 36.3 Å². The summed E-state index contributed by atoms with van der Waals surface area (Å²) in [7, 11) is 0. The molecule has 2 atom stereocenters. The number of rotatable bonds is 8. The number of hydrogen-bond acceptors (Lipinski definition) is 8. The predicted octanol–water partition coefficient (Wildman–Crippen LogP) is 2.04. The number of amides is 2. The number of likely N-dealkylation sites (tertiary alicyclic amines) is 1. The van der Waals surface area contributed by atoms with Gasteiger partial charge in [-0.15, -0.1) is 0 Å². The lowest BCUT2D eigenvalue weighted by Crippen LogP contribution is -2.50. The molecule has 2 aliphatic rings. The van der Waals surface area contributed by atoms with E-state index >= 15 is 0 Å². The van der Waals surface area contributed by atoms with Gasteiger partial charge in [-0.25, -0.2) is 9.59 Å². The van der Waals surface area contributed by atoms with Crippen LogP contribution in [0, 0.1) is 16.0 Å². The number of hydrogen-bond donors (Lipinski definition) is 2. The van der Waals surface area contributed by atoms with Crippen molar-refractivity contribution in [1.82, 2.24) is 15.5 Å².